The summed E-state index contributed by atoms with van der Waals surface area (Å²) in [5.41, 5.74) is 0. The molecule has 13 nitrogen and oxygen atoms in total. The van der Waals surface area contributed by atoms with Gasteiger partial charge in [0.1, 0.15) is 0 Å². The van der Waals surface area contributed by atoms with Crippen molar-refractivity contribution in [1.82, 2.24) is 0 Å². The second-order valence-corrected chi connectivity index (χ2v) is 0.346. The van der Waals surface area contributed by atoms with Crippen molar-refractivity contribution in [3.63, 3.8) is 0 Å². The molecular weight excluding hydrogens is 311 g/mol. The van der Waals surface area contributed by atoms with Gasteiger partial charge in [0.25, 0.3) is 0 Å². The number of hydrogen-bond donors (Lipinski definition) is 3. The fourth-order valence-electron chi connectivity index (χ4n) is 0. The van der Waals surface area contributed by atoms with Gasteiger partial charge in [0.15, 0.2) is 0 Å². The molecule has 0 unspecified atom stereocenters. The molecule has 0 aliphatic heterocycles. The molecule has 0 rings (SSSR count). The molecule has 0 aliphatic rings. The third-order valence-electron chi connectivity index (χ3n) is 0. The zero-order valence-corrected chi connectivity index (χ0v) is 6.92. The summed E-state index contributed by atoms with van der Waals surface area (Å²) in [6.45, 7) is 0. The quantitative estimate of drug-likeness (QED) is 0.362. The standard InChI is InChI=1S/BH3O3.4Na.10H2O.4H/c2-1(3)4;;;;;;;;;;;;;;;;;;/h2-4H;;;;;10*1H2;;;;. The molecule has 112 valence electrons. The minimum atomic E-state index is -2.17. The summed E-state index contributed by atoms with van der Waals surface area (Å²) in [5.74, 6) is 0. The number of hydrogen-bond acceptors (Lipinski definition) is 3. The third kappa shape index (κ3) is 535. The van der Waals surface area contributed by atoms with Gasteiger partial charge in [0, 0.05) is 0 Å². The minimum absolute atomic E-state index is 0. The van der Waals surface area contributed by atoms with Crippen LogP contribution in [0.15, 0.2) is 0 Å². The summed E-state index contributed by atoms with van der Waals surface area (Å²) in [7, 11) is -2.17. The van der Waals surface area contributed by atoms with Gasteiger partial charge in [-0.3, -0.25) is 0 Å². The molecule has 23 N–H and O–H groups in total. The fraction of sp³-hybridized carbons (Fsp3) is 0. The van der Waals surface area contributed by atoms with Gasteiger partial charge in [-0.25, -0.2) is 0 Å². The summed E-state index contributed by atoms with van der Waals surface area (Å²) < 4.78 is 0. The molecule has 0 radical (unpaired) electrons. The van der Waals surface area contributed by atoms with Gasteiger partial charge in [-0.05, 0) is 0 Å². The van der Waals surface area contributed by atoms with Crippen LogP contribution >= 0.6 is 0 Å². The van der Waals surface area contributed by atoms with E-state index in [9.17, 15) is 0 Å². The zero-order chi connectivity index (χ0) is 3.58. The van der Waals surface area contributed by atoms with Crippen molar-refractivity contribution < 1.29 is 69.8 Å². The maximum atomic E-state index is 7.17. The Kier molecular flexibility index (Phi) is 2160. The van der Waals surface area contributed by atoms with Crippen molar-refractivity contribution in [1.29, 1.82) is 0 Å². The molecule has 18 heteroatoms. The van der Waals surface area contributed by atoms with Gasteiger partial charge in [0.05, 0.1) is 0 Å². The molecule has 0 bridgehead atoms. The Morgan fingerprint density at radius 2 is 0.333 bits per heavy atom. The number of rotatable bonds is 0. The molecule has 0 saturated carbocycles. The molecule has 0 aromatic heterocycles. The Morgan fingerprint density at radius 1 is 0.333 bits per heavy atom. The zero-order valence-electron chi connectivity index (χ0n) is 6.92. The van der Waals surface area contributed by atoms with E-state index in [4.69, 9.17) is 15.1 Å². The second kappa shape index (κ2) is 183. The van der Waals surface area contributed by atoms with E-state index in [-0.39, 0.29) is 173 Å². The molecule has 0 aromatic rings. The van der Waals surface area contributed by atoms with Crippen LogP contribution in [0.3, 0.4) is 0 Å². The molecule has 0 atom stereocenters. The first-order valence-electron chi connectivity index (χ1n) is 0.775. The monoisotopic (exact) mass is 338 g/mol. The average molecular weight is 338 g/mol. The van der Waals surface area contributed by atoms with Crippen molar-refractivity contribution in [2.45, 2.75) is 0 Å². The van der Waals surface area contributed by atoms with Crippen LogP contribution in [0.5, 0.6) is 0 Å². The van der Waals surface area contributed by atoms with Crippen molar-refractivity contribution >= 4 is 126 Å². The van der Waals surface area contributed by atoms with Crippen LogP contribution in [0.4, 0.5) is 0 Å². The summed E-state index contributed by atoms with van der Waals surface area (Å²) in [6.07, 6.45) is 0. The van der Waals surface area contributed by atoms with Gasteiger partial charge >= 0.3 is 126 Å². The summed E-state index contributed by atoms with van der Waals surface area (Å²) in [5, 5.41) is 21.5. The van der Waals surface area contributed by atoms with Crippen LogP contribution in [-0.4, -0.2) is 195 Å². The van der Waals surface area contributed by atoms with E-state index < -0.39 is 7.32 Å². The molecule has 0 fully saturated rings. The Labute approximate surface area is 192 Å². The Bertz CT molecular complexity index is 23.7. The van der Waals surface area contributed by atoms with Crippen molar-refractivity contribution in [2.75, 3.05) is 0 Å². The van der Waals surface area contributed by atoms with Crippen LogP contribution < -0.4 is 0 Å². The summed E-state index contributed by atoms with van der Waals surface area (Å²) >= 11 is 0. The molecule has 18 heavy (non-hydrogen) atoms. The predicted octanol–water partition coefficient (Wildman–Crippen LogP) is -12.9. The average Bonchev–Trinajstić information content (AvgIpc) is 0.811. The van der Waals surface area contributed by atoms with Gasteiger partial charge in [-0.1, -0.05) is 0 Å². The molecule has 0 spiro atoms. The van der Waals surface area contributed by atoms with E-state index in [1.807, 2.05) is 0 Å². The van der Waals surface area contributed by atoms with E-state index in [2.05, 4.69) is 0 Å². The maximum absolute atomic E-state index is 7.17. The molecule has 0 amide bonds. The van der Waals surface area contributed by atoms with Crippen molar-refractivity contribution in [3.8, 4) is 0 Å². The summed E-state index contributed by atoms with van der Waals surface area (Å²) in [6, 6.07) is 0. The van der Waals surface area contributed by atoms with Crippen LogP contribution in [-0.2, 0) is 0 Å². The predicted molar refractivity (Wildman–Crippen MR) is 77.1 cm³/mol. The van der Waals surface area contributed by atoms with E-state index in [0.717, 1.165) is 0 Å². The van der Waals surface area contributed by atoms with Gasteiger partial charge < -0.3 is 69.8 Å². The van der Waals surface area contributed by atoms with Crippen LogP contribution in [0.2, 0.25) is 0 Å². The Hall–Kier alpha value is 3.54. The van der Waals surface area contributed by atoms with Gasteiger partial charge in [-0.15, -0.1) is 0 Å². The fourth-order valence-corrected chi connectivity index (χ4v) is 0. The Morgan fingerprint density at radius 3 is 0.333 bits per heavy atom. The van der Waals surface area contributed by atoms with Crippen LogP contribution in [0.25, 0.3) is 0 Å². The summed E-state index contributed by atoms with van der Waals surface area (Å²) in [4.78, 5) is 0. The Balaban J connectivity index is -0.000000000495. The SMILES string of the molecule is O.O.O.O.O.O.O.O.O.O.OB(O)O.[NaH].[NaH].[NaH].[NaH]. The van der Waals surface area contributed by atoms with Gasteiger partial charge in [0.2, 0.25) is 0 Å². The van der Waals surface area contributed by atoms with E-state index >= 15 is 0 Å². The molecule has 0 saturated heterocycles. The second-order valence-electron chi connectivity index (χ2n) is 0.346. The van der Waals surface area contributed by atoms with E-state index in [0.29, 0.717) is 0 Å². The molecular formula is H27BNa4O13. The molecule has 0 aliphatic carbocycles. The first-order valence-corrected chi connectivity index (χ1v) is 0.775. The van der Waals surface area contributed by atoms with Gasteiger partial charge in [-0.2, -0.15) is 0 Å². The van der Waals surface area contributed by atoms with E-state index in [1.165, 1.54) is 0 Å². The topological polar surface area (TPSA) is 376 Å². The first kappa shape index (κ1) is 212. The first-order chi connectivity index (χ1) is 1.73. The van der Waals surface area contributed by atoms with Crippen LogP contribution in [0.1, 0.15) is 0 Å². The molecule has 0 heterocycles. The molecule has 0 aromatic carbocycles. The normalized spacial score (nSPS) is 1.50. The third-order valence-corrected chi connectivity index (χ3v) is 0. The van der Waals surface area contributed by atoms with Crippen molar-refractivity contribution in [3.05, 3.63) is 0 Å². The van der Waals surface area contributed by atoms with E-state index in [1.54, 1.807) is 0 Å². The van der Waals surface area contributed by atoms with Crippen molar-refractivity contribution in [2.24, 2.45) is 0 Å². The van der Waals surface area contributed by atoms with Crippen LogP contribution in [0, 0.1) is 0 Å².